The van der Waals surface area contributed by atoms with Gasteiger partial charge in [-0.2, -0.15) is 0 Å². The lowest BCUT2D eigenvalue weighted by molar-refractivity contribution is -0.150. The summed E-state index contributed by atoms with van der Waals surface area (Å²) in [6, 6.07) is 0.790. The molecule has 1 fully saturated rings. The number of carbonyl (C=O) groups is 1. The molecule has 1 aliphatic carbocycles. The van der Waals surface area contributed by atoms with Gasteiger partial charge in [-0.05, 0) is 60.2 Å². The highest BCUT2D eigenvalue weighted by atomic mass is 16.5. The molecule has 0 aromatic carbocycles. The Morgan fingerprint density at radius 3 is 2.65 bits per heavy atom. The summed E-state index contributed by atoms with van der Waals surface area (Å²) in [5.41, 5.74) is -0.541. The predicted molar refractivity (Wildman–Crippen MR) is 69.0 cm³/mol. The minimum Gasteiger partial charge on any atom is -0.465 e. The van der Waals surface area contributed by atoms with Crippen LogP contribution < -0.4 is 5.32 Å². The Hall–Kier alpha value is -0.610. The van der Waals surface area contributed by atoms with E-state index in [0.717, 1.165) is 25.4 Å². The van der Waals surface area contributed by atoms with E-state index in [4.69, 9.17) is 4.74 Å². The largest absolute Gasteiger partial charge is 0.465 e. The fourth-order valence-electron chi connectivity index (χ4n) is 2.00. The molecule has 0 amide bonds. The summed E-state index contributed by atoms with van der Waals surface area (Å²) in [5.74, 6) is -0.142. The number of esters is 1. The van der Waals surface area contributed by atoms with Gasteiger partial charge in [-0.15, -0.1) is 0 Å². The molecule has 1 saturated carbocycles. The zero-order chi connectivity index (χ0) is 12.9. The first-order valence-corrected chi connectivity index (χ1v) is 6.60. The fraction of sp³-hybridized carbons (Fsp3) is 0.923. The van der Waals surface area contributed by atoms with Crippen molar-refractivity contribution in [2.45, 2.75) is 51.1 Å². The zero-order valence-corrected chi connectivity index (χ0v) is 11.6. The Morgan fingerprint density at radius 1 is 1.53 bits per heavy atom. The van der Waals surface area contributed by atoms with E-state index in [2.05, 4.69) is 17.3 Å². The van der Waals surface area contributed by atoms with Crippen molar-refractivity contribution in [3.8, 4) is 0 Å². The van der Waals surface area contributed by atoms with Crippen molar-refractivity contribution in [2.75, 3.05) is 27.2 Å². The number of hydrogen-bond acceptors (Lipinski definition) is 4. The van der Waals surface area contributed by atoms with Gasteiger partial charge >= 0.3 is 5.97 Å². The maximum Gasteiger partial charge on any atom is 0.326 e. The average molecular weight is 242 g/mol. The molecule has 1 unspecified atom stereocenters. The van der Waals surface area contributed by atoms with Crippen LogP contribution in [0.1, 0.15) is 39.5 Å². The van der Waals surface area contributed by atoms with Gasteiger partial charge in [0.15, 0.2) is 0 Å². The van der Waals surface area contributed by atoms with Crippen molar-refractivity contribution in [2.24, 2.45) is 0 Å². The number of carbonyl (C=O) groups excluding carboxylic acids is 1. The maximum absolute atomic E-state index is 11.8. The second kappa shape index (κ2) is 6.36. The molecule has 4 nitrogen and oxygen atoms in total. The molecule has 0 spiro atoms. The zero-order valence-electron chi connectivity index (χ0n) is 11.6. The van der Waals surface area contributed by atoms with Gasteiger partial charge in [-0.25, -0.2) is 0 Å². The smallest absolute Gasteiger partial charge is 0.326 e. The first-order chi connectivity index (χ1) is 8.03. The lowest BCUT2D eigenvalue weighted by Gasteiger charge is -2.27. The van der Waals surface area contributed by atoms with Crippen LogP contribution in [-0.4, -0.2) is 49.7 Å². The van der Waals surface area contributed by atoms with Crippen molar-refractivity contribution in [1.82, 2.24) is 10.2 Å². The molecule has 0 aromatic heterocycles. The van der Waals surface area contributed by atoms with Gasteiger partial charge in [-0.1, -0.05) is 0 Å². The summed E-state index contributed by atoms with van der Waals surface area (Å²) in [4.78, 5) is 14.2. The van der Waals surface area contributed by atoms with Crippen molar-refractivity contribution in [1.29, 1.82) is 0 Å². The first-order valence-electron chi connectivity index (χ1n) is 6.60. The predicted octanol–water partition coefficient (Wildman–Crippen LogP) is 1.40. The molecule has 0 heterocycles. The summed E-state index contributed by atoms with van der Waals surface area (Å²) in [7, 11) is 3.99. The van der Waals surface area contributed by atoms with E-state index in [0.29, 0.717) is 6.61 Å². The van der Waals surface area contributed by atoms with E-state index < -0.39 is 5.54 Å². The topological polar surface area (TPSA) is 41.6 Å². The third-order valence-corrected chi connectivity index (χ3v) is 3.64. The third-order valence-electron chi connectivity index (χ3n) is 3.64. The van der Waals surface area contributed by atoms with E-state index in [1.807, 2.05) is 20.9 Å². The van der Waals surface area contributed by atoms with E-state index in [9.17, 15) is 4.79 Å². The van der Waals surface area contributed by atoms with Crippen LogP contribution in [0.25, 0.3) is 0 Å². The Labute approximate surface area is 105 Å². The standard InChI is InChI=1S/C13H26N2O2/c1-5-17-12(16)13(2,14-3)9-6-10-15(4)11-7-8-11/h11,14H,5-10H2,1-4H3. The molecule has 0 radical (unpaired) electrons. The molecule has 1 atom stereocenters. The van der Waals surface area contributed by atoms with E-state index >= 15 is 0 Å². The molecular formula is C13H26N2O2. The van der Waals surface area contributed by atoms with Gasteiger partial charge in [0, 0.05) is 6.04 Å². The summed E-state index contributed by atoms with van der Waals surface area (Å²) in [5, 5.41) is 3.09. The van der Waals surface area contributed by atoms with Crippen molar-refractivity contribution >= 4 is 5.97 Å². The maximum atomic E-state index is 11.8. The van der Waals surface area contributed by atoms with Gasteiger partial charge in [0.1, 0.15) is 5.54 Å². The third kappa shape index (κ3) is 4.28. The molecule has 0 aromatic rings. The van der Waals surface area contributed by atoms with Crippen LogP contribution in [0.15, 0.2) is 0 Å². The highest BCUT2D eigenvalue weighted by Crippen LogP contribution is 2.26. The van der Waals surface area contributed by atoms with Crippen LogP contribution in [0, 0.1) is 0 Å². The number of ether oxygens (including phenoxy) is 1. The quantitative estimate of drug-likeness (QED) is 0.653. The summed E-state index contributed by atoms with van der Waals surface area (Å²) in [6.45, 7) is 5.26. The van der Waals surface area contributed by atoms with Crippen molar-refractivity contribution < 1.29 is 9.53 Å². The molecule has 1 N–H and O–H groups in total. The van der Waals surface area contributed by atoms with Gasteiger partial charge in [0.2, 0.25) is 0 Å². The van der Waals surface area contributed by atoms with Crippen molar-refractivity contribution in [3.63, 3.8) is 0 Å². The van der Waals surface area contributed by atoms with Crippen LogP contribution in [0.3, 0.4) is 0 Å². The van der Waals surface area contributed by atoms with Crippen LogP contribution >= 0.6 is 0 Å². The molecule has 0 saturated heterocycles. The van der Waals surface area contributed by atoms with Crippen LogP contribution in [-0.2, 0) is 9.53 Å². The van der Waals surface area contributed by atoms with Gasteiger partial charge in [0.25, 0.3) is 0 Å². The Kier molecular flexibility index (Phi) is 5.40. The van der Waals surface area contributed by atoms with Crippen LogP contribution in [0.2, 0.25) is 0 Å². The van der Waals surface area contributed by atoms with Gasteiger partial charge in [-0.3, -0.25) is 4.79 Å². The minimum atomic E-state index is -0.541. The summed E-state index contributed by atoms with van der Waals surface area (Å²) < 4.78 is 5.10. The van der Waals surface area contributed by atoms with E-state index in [1.165, 1.54) is 12.8 Å². The summed E-state index contributed by atoms with van der Waals surface area (Å²) in [6.07, 6.45) is 4.50. The van der Waals surface area contributed by atoms with E-state index in [-0.39, 0.29) is 5.97 Å². The Balaban J connectivity index is 2.31. The average Bonchev–Trinajstić information content (AvgIpc) is 3.12. The lowest BCUT2D eigenvalue weighted by atomic mass is 9.96. The van der Waals surface area contributed by atoms with Crippen LogP contribution in [0.4, 0.5) is 0 Å². The molecule has 100 valence electrons. The van der Waals surface area contributed by atoms with Gasteiger partial charge < -0.3 is 15.0 Å². The fourth-order valence-corrected chi connectivity index (χ4v) is 2.00. The first kappa shape index (κ1) is 14.5. The Morgan fingerprint density at radius 2 is 2.18 bits per heavy atom. The normalized spacial score (nSPS) is 19.1. The monoisotopic (exact) mass is 242 g/mol. The number of nitrogens with zero attached hydrogens (tertiary/aromatic N) is 1. The molecule has 0 aliphatic heterocycles. The Bertz CT molecular complexity index is 254. The number of nitrogens with one attached hydrogen (secondary N) is 1. The van der Waals surface area contributed by atoms with E-state index in [1.54, 1.807) is 0 Å². The second-order valence-electron chi connectivity index (χ2n) is 5.12. The molecule has 17 heavy (non-hydrogen) atoms. The number of hydrogen-bond donors (Lipinski definition) is 1. The SMILES string of the molecule is CCOC(=O)C(C)(CCCN(C)C1CC1)NC. The number of rotatable bonds is 8. The van der Waals surface area contributed by atoms with Gasteiger partial charge in [0.05, 0.1) is 6.61 Å². The molecule has 1 rings (SSSR count). The molecular weight excluding hydrogens is 216 g/mol. The van der Waals surface area contributed by atoms with Crippen LogP contribution in [0.5, 0.6) is 0 Å². The number of likely N-dealkylation sites (N-methyl/N-ethyl adjacent to an activating group) is 1. The second-order valence-corrected chi connectivity index (χ2v) is 5.12. The molecule has 1 aliphatic rings. The molecule has 0 bridgehead atoms. The minimum absolute atomic E-state index is 0.142. The highest BCUT2D eigenvalue weighted by molar-refractivity contribution is 5.80. The summed E-state index contributed by atoms with van der Waals surface area (Å²) >= 11 is 0. The molecule has 4 heteroatoms. The highest BCUT2D eigenvalue weighted by Gasteiger charge is 2.33. The lowest BCUT2D eigenvalue weighted by Crippen LogP contribution is -2.49. The van der Waals surface area contributed by atoms with Crippen molar-refractivity contribution in [3.05, 3.63) is 0 Å².